The van der Waals surface area contributed by atoms with Crippen molar-refractivity contribution in [3.05, 3.63) is 24.3 Å². The van der Waals surface area contributed by atoms with Gasteiger partial charge in [-0.2, -0.15) is 0 Å². The van der Waals surface area contributed by atoms with Crippen molar-refractivity contribution in [2.75, 3.05) is 19.3 Å². The van der Waals surface area contributed by atoms with E-state index >= 15 is 0 Å². The molecule has 2 unspecified atom stereocenters. The minimum absolute atomic E-state index is 0.0219. The normalized spacial score (nSPS) is 22.9. The fourth-order valence-corrected chi connectivity index (χ4v) is 4.00. The Morgan fingerprint density at radius 2 is 1.92 bits per heavy atom. The third-order valence-corrected chi connectivity index (χ3v) is 6.02. The van der Waals surface area contributed by atoms with Gasteiger partial charge < -0.3 is 14.7 Å². The topological polar surface area (TPSA) is 66.8 Å². The second-order valence-corrected chi connectivity index (χ2v) is 7.60. The molecule has 1 heterocycles. The molecule has 1 N–H and O–H groups in total. The molecule has 130 valence electrons. The number of piperidine rings is 1. The van der Waals surface area contributed by atoms with Gasteiger partial charge in [-0.25, -0.2) is 0 Å². The van der Waals surface area contributed by atoms with Gasteiger partial charge in [-0.05, 0) is 62.1 Å². The van der Waals surface area contributed by atoms with Gasteiger partial charge in [0.05, 0.1) is 5.92 Å². The second kappa shape index (κ2) is 6.67. The fourth-order valence-electron chi connectivity index (χ4n) is 3.59. The average Bonchev–Trinajstić information content (AvgIpc) is 3.29. The van der Waals surface area contributed by atoms with Crippen molar-refractivity contribution in [1.82, 2.24) is 4.90 Å². The summed E-state index contributed by atoms with van der Waals surface area (Å²) in [6.07, 6.45) is 3.81. The van der Waals surface area contributed by atoms with E-state index in [-0.39, 0.29) is 17.2 Å². The zero-order chi connectivity index (χ0) is 17.3. The van der Waals surface area contributed by atoms with E-state index in [0.717, 1.165) is 24.2 Å². The molecule has 0 radical (unpaired) electrons. The van der Waals surface area contributed by atoms with Crippen LogP contribution in [0.5, 0.6) is 5.75 Å². The summed E-state index contributed by atoms with van der Waals surface area (Å²) in [5.74, 6) is -0.236. The number of hydrogen-bond donors (Lipinski definition) is 1. The first-order valence-corrected chi connectivity index (χ1v) is 9.50. The molecule has 2 fully saturated rings. The van der Waals surface area contributed by atoms with E-state index in [2.05, 4.69) is 0 Å². The lowest BCUT2D eigenvalue weighted by atomic mass is 9.90. The van der Waals surface area contributed by atoms with Crippen LogP contribution >= 0.6 is 11.8 Å². The SMILES string of the molecule is CSc1ccc(OC(C)C(=O)N2CCC3(CC2)CC3C(=O)O)cc1. The Labute approximate surface area is 146 Å². The molecule has 3 rings (SSSR count). The van der Waals surface area contributed by atoms with Crippen LogP contribution in [0.3, 0.4) is 0 Å². The van der Waals surface area contributed by atoms with E-state index in [1.54, 1.807) is 18.7 Å². The molecule has 1 saturated heterocycles. The summed E-state index contributed by atoms with van der Waals surface area (Å²) < 4.78 is 5.76. The van der Waals surface area contributed by atoms with E-state index in [1.807, 2.05) is 35.4 Å². The molecule has 1 spiro atoms. The lowest BCUT2D eigenvalue weighted by Crippen LogP contribution is -2.45. The van der Waals surface area contributed by atoms with Crippen LogP contribution in [-0.2, 0) is 9.59 Å². The van der Waals surface area contributed by atoms with Crippen LogP contribution < -0.4 is 4.74 Å². The Kier molecular flexibility index (Phi) is 4.76. The Morgan fingerprint density at radius 1 is 1.29 bits per heavy atom. The number of rotatable bonds is 5. The van der Waals surface area contributed by atoms with Crippen LogP contribution in [0.4, 0.5) is 0 Å². The number of likely N-dealkylation sites (tertiary alicyclic amines) is 1. The van der Waals surface area contributed by atoms with E-state index < -0.39 is 12.1 Å². The van der Waals surface area contributed by atoms with Crippen molar-refractivity contribution in [2.24, 2.45) is 11.3 Å². The molecule has 0 bridgehead atoms. The van der Waals surface area contributed by atoms with Gasteiger partial charge in [-0.3, -0.25) is 9.59 Å². The molecule has 1 amide bonds. The number of ether oxygens (including phenoxy) is 1. The number of carboxylic acid groups (broad SMARTS) is 1. The first kappa shape index (κ1) is 17.1. The summed E-state index contributed by atoms with van der Waals surface area (Å²) in [6, 6.07) is 7.70. The maximum absolute atomic E-state index is 12.6. The molecular formula is C18H23NO4S. The van der Waals surface area contributed by atoms with E-state index in [1.165, 1.54) is 0 Å². The number of nitrogens with zero attached hydrogens (tertiary/aromatic N) is 1. The summed E-state index contributed by atoms with van der Waals surface area (Å²) in [4.78, 5) is 26.6. The largest absolute Gasteiger partial charge is 0.481 e. The molecule has 0 aromatic heterocycles. The maximum atomic E-state index is 12.6. The average molecular weight is 349 g/mol. The minimum Gasteiger partial charge on any atom is -0.481 e. The number of carboxylic acids is 1. The number of benzene rings is 1. The van der Waals surface area contributed by atoms with Crippen LogP contribution in [0.15, 0.2) is 29.2 Å². The van der Waals surface area contributed by atoms with Gasteiger partial charge >= 0.3 is 5.97 Å². The highest BCUT2D eigenvalue weighted by atomic mass is 32.2. The van der Waals surface area contributed by atoms with Crippen molar-refractivity contribution >= 4 is 23.6 Å². The van der Waals surface area contributed by atoms with E-state index in [4.69, 9.17) is 9.84 Å². The Balaban J connectivity index is 1.52. The quantitative estimate of drug-likeness (QED) is 0.828. The highest BCUT2D eigenvalue weighted by Gasteiger charge is 2.59. The van der Waals surface area contributed by atoms with Crippen molar-refractivity contribution in [1.29, 1.82) is 0 Å². The molecule has 1 aliphatic carbocycles. The predicted octanol–water partition coefficient (Wildman–Crippen LogP) is 2.89. The Bertz CT molecular complexity index is 622. The van der Waals surface area contributed by atoms with Gasteiger partial charge in [0.15, 0.2) is 6.10 Å². The van der Waals surface area contributed by atoms with Gasteiger partial charge in [0.2, 0.25) is 0 Å². The number of thioether (sulfide) groups is 1. The molecule has 6 heteroatoms. The number of amides is 1. The molecule has 2 aliphatic rings. The molecule has 24 heavy (non-hydrogen) atoms. The third-order valence-electron chi connectivity index (χ3n) is 5.28. The van der Waals surface area contributed by atoms with Crippen molar-refractivity contribution in [3.63, 3.8) is 0 Å². The van der Waals surface area contributed by atoms with Crippen LogP contribution in [0.25, 0.3) is 0 Å². The third kappa shape index (κ3) is 3.38. The summed E-state index contributed by atoms with van der Waals surface area (Å²) in [5.41, 5.74) is -0.0552. The van der Waals surface area contributed by atoms with Crippen LogP contribution in [0.2, 0.25) is 0 Å². The van der Waals surface area contributed by atoms with Gasteiger partial charge in [0.25, 0.3) is 5.91 Å². The number of carbonyl (C=O) groups is 2. The smallest absolute Gasteiger partial charge is 0.307 e. The standard InChI is InChI=1S/C18H23NO4S/c1-12(23-13-3-5-14(24-2)6-4-13)16(20)19-9-7-18(8-10-19)11-15(18)17(21)22/h3-6,12,15H,7-11H2,1-2H3,(H,21,22). The molecule has 5 nitrogen and oxygen atoms in total. The number of hydrogen-bond acceptors (Lipinski definition) is 4. The van der Waals surface area contributed by atoms with Crippen LogP contribution in [-0.4, -0.2) is 47.3 Å². The van der Waals surface area contributed by atoms with Crippen molar-refractivity contribution in [2.45, 2.75) is 37.2 Å². The summed E-state index contributed by atoms with van der Waals surface area (Å²) in [6.45, 7) is 3.02. The molecule has 1 aromatic rings. The van der Waals surface area contributed by atoms with E-state index in [0.29, 0.717) is 18.8 Å². The Morgan fingerprint density at radius 3 is 2.42 bits per heavy atom. The summed E-state index contributed by atoms with van der Waals surface area (Å²) >= 11 is 1.66. The summed E-state index contributed by atoms with van der Waals surface area (Å²) in [7, 11) is 0. The van der Waals surface area contributed by atoms with Gasteiger partial charge in [0, 0.05) is 18.0 Å². The van der Waals surface area contributed by atoms with Gasteiger partial charge in [-0.1, -0.05) is 0 Å². The number of carbonyl (C=O) groups excluding carboxylic acids is 1. The highest BCUT2D eigenvalue weighted by molar-refractivity contribution is 7.98. The maximum Gasteiger partial charge on any atom is 0.307 e. The first-order chi connectivity index (χ1) is 11.4. The Hall–Kier alpha value is -1.69. The predicted molar refractivity (Wildman–Crippen MR) is 92.3 cm³/mol. The van der Waals surface area contributed by atoms with Crippen LogP contribution in [0, 0.1) is 11.3 Å². The van der Waals surface area contributed by atoms with Gasteiger partial charge in [-0.15, -0.1) is 11.8 Å². The minimum atomic E-state index is -0.694. The molecule has 1 saturated carbocycles. The van der Waals surface area contributed by atoms with Crippen LogP contribution in [0.1, 0.15) is 26.2 Å². The summed E-state index contributed by atoms with van der Waals surface area (Å²) in [5, 5.41) is 9.13. The van der Waals surface area contributed by atoms with Gasteiger partial charge in [0.1, 0.15) is 5.75 Å². The fraction of sp³-hybridized carbons (Fsp3) is 0.556. The highest BCUT2D eigenvalue weighted by Crippen LogP contribution is 2.59. The monoisotopic (exact) mass is 349 g/mol. The molecule has 1 aromatic carbocycles. The first-order valence-electron chi connectivity index (χ1n) is 8.27. The lowest BCUT2D eigenvalue weighted by molar-refractivity contribution is -0.141. The second-order valence-electron chi connectivity index (χ2n) is 6.72. The molecular weight excluding hydrogens is 326 g/mol. The molecule has 1 aliphatic heterocycles. The lowest BCUT2D eigenvalue weighted by Gasteiger charge is -2.34. The molecule has 2 atom stereocenters. The zero-order valence-corrected chi connectivity index (χ0v) is 14.8. The zero-order valence-electron chi connectivity index (χ0n) is 14.0. The van der Waals surface area contributed by atoms with E-state index in [9.17, 15) is 9.59 Å². The number of aliphatic carboxylic acids is 1. The van der Waals surface area contributed by atoms with Crippen molar-refractivity contribution < 1.29 is 19.4 Å². The van der Waals surface area contributed by atoms with Crippen molar-refractivity contribution in [3.8, 4) is 5.75 Å².